The molecule has 0 N–H and O–H groups in total. The fraction of sp³-hybridized carbons (Fsp3) is 0.0500. The highest BCUT2D eigenvalue weighted by molar-refractivity contribution is 8.02. The van der Waals surface area contributed by atoms with Gasteiger partial charge in [-0.1, -0.05) is 203 Å². The number of allylic oxidation sites excluding steroid dienone is 6. The van der Waals surface area contributed by atoms with E-state index in [4.69, 9.17) is 4.42 Å². The summed E-state index contributed by atoms with van der Waals surface area (Å²) in [7, 11) is 0. The molecule has 1 aliphatic heterocycles. The third-order valence-electron chi connectivity index (χ3n) is 12.3. The van der Waals surface area contributed by atoms with Gasteiger partial charge in [0.25, 0.3) is 0 Å². The summed E-state index contributed by atoms with van der Waals surface area (Å²) in [5, 5.41) is 5.66. The number of rotatable bonds is 5. The molecule has 0 atom stereocenters. The quantitative estimate of drug-likeness (QED) is 0.127. The molecular formula is C60H45NOS. The maximum atomic E-state index is 6.64. The van der Waals surface area contributed by atoms with Gasteiger partial charge in [-0.3, -0.25) is 0 Å². The van der Waals surface area contributed by atoms with Crippen molar-refractivity contribution in [3.05, 3.63) is 252 Å². The summed E-state index contributed by atoms with van der Waals surface area (Å²) in [6, 6.07) is 55.9. The molecule has 2 aliphatic carbocycles. The molecule has 9 aromatic rings. The Balaban J connectivity index is 0.000000746. The lowest BCUT2D eigenvalue weighted by Crippen LogP contribution is -2.28. The maximum absolute atomic E-state index is 6.64. The Hall–Kier alpha value is -7.55. The van der Waals surface area contributed by atoms with Gasteiger partial charge in [-0.05, 0) is 85.8 Å². The van der Waals surface area contributed by atoms with Crippen molar-refractivity contribution in [1.82, 2.24) is 4.57 Å². The molecule has 0 unspecified atom stereocenters. The minimum Gasteiger partial charge on any atom is -0.455 e. The molecule has 0 spiro atoms. The Morgan fingerprint density at radius 2 is 1.30 bits per heavy atom. The van der Waals surface area contributed by atoms with Crippen LogP contribution in [0.15, 0.2) is 222 Å². The Morgan fingerprint density at radius 1 is 0.651 bits per heavy atom. The van der Waals surface area contributed by atoms with Crippen LogP contribution in [0.2, 0.25) is 0 Å². The molecule has 0 fully saturated rings. The van der Waals surface area contributed by atoms with Crippen LogP contribution in [0, 0.1) is 0 Å². The molecule has 0 radical (unpaired) electrons. The standard InChI is InChI=1S/C54H33NOS.C4H6.C2H6/c1-34-15-12-13-32-57-53-48(34)52-50(43-22-14-25-47(43)56-52)49-42-21-9-11-24-46(42)55(51(49)53)39-29-26-35(27-30-39)36-28-31-41-40-20-8-10-23-44(40)54(45(41)33-36,37-16-4-2-5-17-37)38-18-6-3-7-19-38;1-3-4-2;1-2/h2-13,15-33H,1H2;3-4H,1-2H2;1-2H3/b15-12-,32-13-;;. The van der Waals surface area contributed by atoms with E-state index in [2.05, 4.69) is 211 Å². The van der Waals surface area contributed by atoms with E-state index in [0.717, 1.165) is 55.0 Å². The van der Waals surface area contributed by atoms with E-state index in [-0.39, 0.29) is 0 Å². The van der Waals surface area contributed by atoms with Gasteiger partial charge in [0.15, 0.2) is 0 Å². The average Bonchev–Trinajstić information content (AvgIpc) is 4.11. The molecule has 0 saturated carbocycles. The molecule has 0 amide bonds. The first-order valence-electron chi connectivity index (χ1n) is 21.5. The number of benzene rings is 7. The zero-order valence-electron chi connectivity index (χ0n) is 35.4. The van der Waals surface area contributed by atoms with Gasteiger partial charge in [-0.2, -0.15) is 0 Å². The first-order valence-corrected chi connectivity index (χ1v) is 22.4. The van der Waals surface area contributed by atoms with E-state index in [0.29, 0.717) is 0 Å². The molecule has 7 aromatic carbocycles. The highest BCUT2D eigenvalue weighted by atomic mass is 32.2. The van der Waals surface area contributed by atoms with E-state index in [9.17, 15) is 0 Å². The summed E-state index contributed by atoms with van der Waals surface area (Å²) in [5.41, 5.74) is 20.3. The third kappa shape index (κ3) is 6.12. The van der Waals surface area contributed by atoms with E-state index < -0.39 is 5.41 Å². The van der Waals surface area contributed by atoms with Crippen LogP contribution in [0.1, 0.15) is 53.0 Å². The first-order chi connectivity index (χ1) is 31.1. The molecule has 3 heteroatoms. The Bertz CT molecular complexity index is 3360. The van der Waals surface area contributed by atoms with Crippen molar-refractivity contribution < 1.29 is 4.42 Å². The van der Waals surface area contributed by atoms with Crippen molar-refractivity contribution in [3.63, 3.8) is 0 Å². The molecule has 3 heterocycles. The smallest absolute Gasteiger partial charge is 0.145 e. The normalized spacial score (nSPS) is 14.6. The second-order valence-corrected chi connectivity index (χ2v) is 16.4. The van der Waals surface area contributed by atoms with Crippen molar-refractivity contribution in [1.29, 1.82) is 0 Å². The fourth-order valence-corrected chi connectivity index (χ4v) is 10.7. The predicted molar refractivity (Wildman–Crippen MR) is 271 cm³/mol. The fourth-order valence-electron chi connectivity index (χ4n) is 9.78. The molecule has 2 nitrogen and oxygen atoms in total. The molecule has 302 valence electrons. The van der Waals surface area contributed by atoms with Gasteiger partial charge in [0, 0.05) is 43.9 Å². The lowest BCUT2D eigenvalue weighted by Gasteiger charge is -2.34. The topological polar surface area (TPSA) is 18.1 Å². The van der Waals surface area contributed by atoms with Crippen LogP contribution >= 0.6 is 11.8 Å². The molecule has 0 saturated heterocycles. The van der Waals surface area contributed by atoms with Gasteiger partial charge >= 0.3 is 0 Å². The molecule has 3 aliphatic rings. The number of thioether (sulfide) groups is 1. The van der Waals surface area contributed by atoms with E-state index in [1.54, 1.807) is 23.9 Å². The first kappa shape index (κ1) is 39.6. The second-order valence-electron chi connectivity index (χ2n) is 15.5. The highest BCUT2D eigenvalue weighted by Crippen LogP contribution is 2.57. The van der Waals surface area contributed by atoms with Crippen molar-refractivity contribution in [3.8, 4) is 27.9 Å². The van der Waals surface area contributed by atoms with E-state index in [1.165, 1.54) is 55.3 Å². The Morgan fingerprint density at radius 3 is 2.03 bits per heavy atom. The maximum Gasteiger partial charge on any atom is 0.145 e. The number of hydrogen-bond donors (Lipinski definition) is 0. The van der Waals surface area contributed by atoms with Crippen molar-refractivity contribution in [2.24, 2.45) is 0 Å². The van der Waals surface area contributed by atoms with E-state index >= 15 is 0 Å². The number of hydrogen-bond acceptors (Lipinski definition) is 2. The summed E-state index contributed by atoms with van der Waals surface area (Å²) in [6.07, 6.45) is 13.5. The van der Waals surface area contributed by atoms with Crippen molar-refractivity contribution in [2.45, 2.75) is 24.2 Å². The van der Waals surface area contributed by atoms with Crippen LogP contribution in [0.4, 0.5) is 0 Å². The van der Waals surface area contributed by atoms with Gasteiger partial charge in [0.05, 0.1) is 16.4 Å². The summed E-state index contributed by atoms with van der Waals surface area (Å²) in [4.78, 5) is 1.14. The number of aromatic nitrogens is 1. The number of para-hydroxylation sites is 1. The van der Waals surface area contributed by atoms with Crippen LogP contribution in [0.5, 0.6) is 0 Å². The number of furan rings is 1. The van der Waals surface area contributed by atoms with E-state index in [1.807, 2.05) is 19.9 Å². The molecule has 12 rings (SSSR count). The van der Waals surface area contributed by atoms with Gasteiger partial charge in [-0.25, -0.2) is 0 Å². The Labute approximate surface area is 373 Å². The Kier molecular flexibility index (Phi) is 10.3. The minimum absolute atomic E-state index is 0.446. The van der Waals surface area contributed by atoms with Crippen LogP contribution in [0.3, 0.4) is 0 Å². The number of fused-ring (bicyclic) bond motifs is 13. The lowest BCUT2D eigenvalue weighted by molar-refractivity contribution is 0.602. The van der Waals surface area contributed by atoms with Crippen LogP contribution in [-0.4, -0.2) is 4.57 Å². The highest BCUT2D eigenvalue weighted by Gasteiger charge is 2.46. The lowest BCUT2D eigenvalue weighted by atomic mass is 9.67. The SMILES string of the molecule is C=C1/C=C\C=C/Sc2c1c1oc3c(c1c1c4ccccc4n(-c4ccc(-c5ccc6c(c5)C(c5ccccc5)(c5ccccc5)c5ccccc5-6)cc4)c21)C=C=C3.C=CC=C.CC. The van der Waals surface area contributed by atoms with Gasteiger partial charge in [-0.15, -0.1) is 5.73 Å². The minimum atomic E-state index is -0.446. The third-order valence-corrected chi connectivity index (χ3v) is 13.2. The zero-order chi connectivity index (χ0) is 43.1. The second kappa shape index (κ2) is 16.4. The van der Waals surface area contributed by atoms with Crippen molar-refractivity contribution >= 4 is 62.3 Å². The average molecular weight is 828 g/mol. The van der Waals surface area contributed by atoms with Crippen LogP contribution in [-0.2, 0) is 5.41 Å². The summed E-state index contributed by atoms with van der Waals surface area (Å²) in [5.74, 6) is 0.848. The molecule has 0 bridgehead atoms. The zero-order valence-corrected chi connectivity index (χ0v) is 36.3. The summed E-state index contributed by atoms with van der Waals surface area (Å²) in [6.45, 7) is 15.3. The molecule has 63 heavy (non-hydrogen) atoms. The summed E-state index contributed by atoms with van der Waals surface area (Å²) >= 11 is 1.73. The number of nitrogens with zero attached hydrogens (tertiary/aromatic N) is 1. The van der Waals surface area contributed by atoms with Gasteiger partial charge in [0.1, 0.15) is 11.3 Å². The monoisotopic (exact) mass is 827 g/mol. The summed E-state index contributed by atoms with van der Waals surface area (Å²) < 4.78 is 9.08. The van der Waals surface area contributed by atoms with Crippen LogP contribution < -0.4 is 0 Å². The molecular weight excluding hydrogens is 783 g/mol. The van der Waals surface area contributed by atoms with Crippen molar-refractivity contribution in [2.75, 3.05) is 0 Å². The van der Waals surface area contributed by atoms with Gasteiger partial charge < -0.3 is 8.98 Å². The molecule has 2 aromatic heterocycles. The van der Waals surface area contributed by atoms with Gasteiger partial charge in [0.2, 0.25) is 0 Å². The largest absolute Gasteiger partial charge is 0.455 e. The predicted octanol–water partition coefficient (Wildman–Crippen LogP) is 16.8. The van der Waals surface area contributed by atoms with Crippen LogP contribution in [0.25, 0.3) is 78.4 Å².